The lowest BCUT2D eigenvalue weighted by Crippen LogP contribution is -2.27. The van der Waals surface area contributed by atoms with E-state index in [-0.39, 0.29) is 11.3 Å². The van der Waals surface area contributed by atoms with E-state index in [9.17, 15) is 4.79 Å². The molecule has 0 aliphatic heterocycles. The molecule has 0 bridgehead atoms. The van der Waals surface area contributed by atoms with E-state index >= 15 is 0 Å². The number of ether oxygens (including phenoxy) is 1. The first-order chi connectivity index (χ1) is 6.40. The molecule has 0 fully saturated rings. The van der Waals surface area contributed by atoms with Gasteiger partial charge in [-0.05, 0) is 20.8 Å². The number of hydrogen-bond acceptors (Lipinski definition) is 3. The van der Waals surface area contributed by atoms with Crippen LogP contribution in [0.2, 0.25) is 0 Å². The highest BCUT2D eigenvalue weighted by Gasteiger charge is 2.10. The lowest BCUT2D eigenvalue weighted by atomic mass is 10.2. The molecule has 1 rings (SSSR count). The summed E-state index contributed by atoms with van der Waals surface area (Å²) in [4.78, 5) is 11.3. The van der Waals surface area contributed by atoms with Crippen molar-refractivity contribution in [1.82, 2.24) is 14.3 Å². The molecule has 0 spiro atoms. The lowest BCUT2D eigenvalue weighted by molar-refractivity contribution is -0.00827. The van der Waals surface area contributed by atoms with Crippen molar-refractivity contribution in [2.24, 2.45) is 7.05 Å². The zero-order valence-corrected chi connectivity index (χ0v) is 9.15. The zero-order valence-electron chi connectivity index (χ0n) is 9.15. The molecule has 1 heterocycles. The first-order valence-corrected chi connectivity index (χ1v) is 4.62. The summed E-state index contributed by atoms with van der Waals surface area (Å²) in [5.41, 5.74) is -0.277. The Morgan fingerprint density at radius 3 is 2.57 bits per heavy atom. The summed E-state index contributed by atoms with van der Waals surface area (Å²) in [6.45, 7) is 6.94. The molecule has 0 saturated carbocycles. The standard InChI is InChI=1S/C9H17N3O2/c1-9(2,3)14-6-5-12-8(13)11(4)7-10-12/h7H,5-6H2,1-4H3. The lowest BCUT2D eigenvalue weighted by Gasteiger charge is -2.18. The minimum atomic E-state index is -0.168. The van der Waals surface area contributed by atoms with Crippen LogP contribution in [-0.2, 0) is 18.3 Å². The number of aromatic nitrogens is 3. The average molecular weight is 199 g/mol. The number of aryl methyl sites for hydroxylation is 1. The van der Waals surface area contributed by atoms with Gasteiger partial charge in [0, 0.05) is 7.05 Å². The fraction of sp³-hybridized carbons (Fsp3) is 0.778. The molecular weight excluding hydrogens is 182 g/mol. The number of hydrogen-bond donors (Lipinski definition) is 0. The molecule has 0 radical (unpaired) electrons. The monoisotopic (exact) mass is 199 g/mol. The van der Waals surface area contributed by atoms with E-state index in [1.165, 1.54) is 15.6 Å². The van der Waals surface area contributed by atoms with Gasteiger partial charge in [-0.1, -0.05) is 0 Å². The quantitative estimate of drug-likeness (QED) is 0.708. The van der Waals surface area contributed by atoms with E-state index in [0.29, 0.717) is 13.2 Å². The summed E-state index contributed by atoms with van der Waals surface area (Å²) in [5, 5.41) is 3.92. The highest BCUT2D eigenvalue weighted by Crippen LogP contribution is 2.05. The molecule has 80 valence electrons. The number of nitrogens with zero attached hydrogens (tertiary/aromatic N) is 3. The van der Waals surface area contributed by atoms with Gasteiger partial charge in [0.1, 0.15) is 6.33 Å². The fourth-order valence-corrected chi connectivity index (χ4v) is 1.01. The molecule has 0 aromatic carbocycles. The van der Waals surface area contributed by atoms with Crippen molar-refractivity contribution in [3.8, 4) is 0 Å². The van der Waals surface area contributed by atoms with E-state index in [4.69, 9.17) is 4.74 Å². The molecule has 0 atom stereocenters. The van der Waals surface area contributed by atoms with Crippen LogP contribution >= 0.6 is 0 Å². The van der Waals surface area contributed by atoms with Crippen molar-refractivity contribution in [3.05, 3.63) is 16.8 Å². The first kappa shape index (κ1) is 11.0. The summed E-state index contributed by atoms with van der Waals surface area (Å²) in [5.74, 6) is 0. The van der Waals surface area contributed by atoms with Gasteiger partial charge in [-0.3, -0.25) is 4.57 Å². The topological polar surface area (TPSA) is 49.0 Å². The second-order valence-electron chi connectivity index (χ2n) is 4.21. The summed E-state index contributed by atoms with van der Waals surface area (Å²) in [6, 6.07) is 0. The number of rotatable bonds is 3. The Kier molecular flexibility index (Phi) is 3.10. The maximum Gasteiger partial charge on any atom is 0.345 e. The Morgan fingerprint density at radius 2 is 2.14 bits per heavy atom. The van der Waals surface area contributed by atoms with Crippen LogP contribution in [0.5, 0.6) is 0 Å². The highest BCUT2D eigenvalue weighted by molar-refractivity contribution is 4.65. The maximum atomic E-state index is 11.3. The fourth-order valence-electron chi connectivity index (χ4n) is 1.01. The van der Waals surface area contributed by atoms with E-state index in [1.807, 2.05) is 20.8 Å². The van der Waals surface area contributed by atoms with E-state index in [2.05, 4.69) is 5.10 Å². The highest BCUT2D eigenvalue weighted by atomic mass is 16.5. The summed E-state index contributed by atoms with van der Waals surface area (Å²) < 4.78 is 8.32. The molecule has 0 N–H and O–H groups in total. The Balaban J connectivity index is 2.47. The molecule has 1 aromatic rings. The van der Waals surface area contributed by atoms with Crippen LogP contribution < -0.4 is 5.69 Å². The minimum Gasteiger partial charge on any atom is -0.374 e. The van der Waals surface area contributed by atoms with Crippen molar-refractivity contribution in [3.63, 3.8) is 0 Å². The first-order valence-electron chi connectivity index (χ1n) is 4.62. The second-order valence-corrected chi connectivity index (χ2v) is 4.21. The second kappa shape index (κ2) is 3.96. The predicted molar refractivity (Wildman–Crippen MR) is 53.2 cm³/mol. The zero-order chi connectivity index (χ0) is 10.8. The predicted octanol–water partition coefficient (Wildman–Crippen LogP) is 0.397. The van der Waals surface area contributed by atoms with Crippen LogP contribution in [0.3, 0.4) is 0 Å². The molecule has 1 aromatic heterocycles. The van der Waals surface area contributed by atoms with Crippen LogP contribution in [0.4, 0.5) is 0 Å². The van der Waals surface area contributed by atoms with Crippen LogP contribution in [0.1, 0.15) is 20.8 Å². The molecule has 0 amide bonds. The van der Waals surface area contributed by atoms with Crippen molar-refractivity contribution >= 4 is 0 Å². The van der Waals surface area contributed by atoms with Crippen LogP contribution in [0.25, 0.3) is 0 Å². The molecule has 5 nitrogen and oxygen atoms in total. The van der Waals surface area contributed by atoms with Gasteiger partial charge in [-0.25, -0.2) is 9.48 Å². The molecule has 0 aliphatic rings. The van der Waals surface area contributed by atoms with Gasteiger partial charge in [0.05, 0.1) is 18.8 Å². The van der Waals surface area contributed by atoms with E-state index < -0.39 is 0 Å². The normalized spacial score (nSPS) is 12.0. The van der Waals surface area contributed by atoms with Gasteiger partial charge in [0.15, 0.2) is 0 Å². The Hall–Kier alpha value is -1.10. The Labute approximate surface area is 83.3 Å². The molecule has 5 heteroatoms. The third kappa shape index (κ3) is 2.99. The van der Waals surface area contributed by atoms with Gasteiger partial charge < -0.3 is 4.74 Å². The third-order valence-corrected chi connectivity index (χ3v) is 1.72. The molecule has 0 aliphatic carbocycles. The SMILES string of the molecule is Cn1cnn(CCOC(C)(C)C)c1=O. The molecule has 14 heavy (non-hydrogen) atoms. The van der Waals surface area contributed by atoms with E-state index in [1.54, 1.807) is 7.05 Å². The van der Waals surface area contributed by atoms with Crippen molar-refractivity contribution in [2.45, 2.75) is 32.9 Å². The molecule has 0 unspecified atom stereocenters. The molecule has 0 saturated heterocycles. The van der Waals surface area contributed by atoms with E-state index in [0.717, 1.165) is 0 Å². The minimum absolute atomic E-state index is 0.109. The summed E-state index contributed by atoms with van der Waals surface area (Å²) in [7, 11) is 1.68. The van der Waals surface area contributed by atoms with Gasteiger partial charge >= 0.3 is 5.69 Å². The summed E-state index contributed by atoms with van der Waals surface area (Å²) >= 11 is 0. The summed E-state index contributed by atoms with van der Waals surface area (Å²) in [6.07, 6.45) is 1.50. The van der Waals surface area contributed by atoms with Crippen molar-refractivity contribution in [1.29, 1.82) is 0 Å². The van der Waals surface area contributed by atoms with Gasteiger partial charge in [-0.2, -0.15) is 5.10 Å². The Bertz CT molecular complexity index is 346. The van der Waals surface area contributed by atoms with Crippen LogP contribution in [0.15, 0.2) is 11.1 Å². The van der Waals surface area contributed by atoms with Gasteiger partial charge in [-0.15, -0.1) is 0 Å². The van der Waals surface area contributed by atoms with Crippen LogP contribution in [0, 0.1) is 0 Å². The maximum absolute atomic E-state index is 11.3. The van der Waals surface area contributed by atoms with Gasteiger partial charge in [0.2, 0.25) is 0 Å². The van der Waals surface area contributed by atoms with Gasteiger partial charge in [0.25, 0.3) is 0 Å². The third-order valence-electron chi connectivity index (χ3n) is 1.72. The van der Waals surface area contributed by atoms with Crippen LogP contribution in [-0.4, -0.2) is 26.6 Å². The smallest absolute Gasteiger partial charge is 0.345 e. The largest absolute Gasteiger partial charge is 0.374 e. The average Bonchev–Trinajstić information content (AvgIpc) is 2.33. The molecular formula is C9H17N3O2. The van der Waals surface area contributed by atoms with Crippen molar-refractivity contribution < 1.29 is 4.74 Å². The Morgan fingerprint density at radius 1 is 1.50 bits per heavy atom. The van der Waals surface area contributed by atoms with Crippen molar-refractivity contribution in [2.75, 3.05) is 6.61 Å².